The first kappa shape index (κ1) is 23.0. The number of carbonyl (C=O) groups is 2. The molecule has 5 atom stereocenters. The van der Waals surface area contributed by atoms with Gasteiger partial charge in [0, 0.05) is 37.2 Å². The molecule has 1 aliphatic carbocycles. The number of benzene rings is 1. The van der Waals surface area contributed by atoms with Gasteiger partial charge in [-0.2, -0.15) is 0 Å². The van der Waals surface area contributed by atoms with E-state index in [1.165, 1.54) is 5.56 Å². The summed E-state index contributed by atoms with van der Waals surface area (Å²) in [4.78, 5) is 33.4. The van der Waals surface area contributed by atoms with Crippen LogP contribution >= 0.6 is 0 Å². The van der Waals surface area contributed by atoms with Crippen molar-refractivity contribution < 1.29 is 14.3 Å². The molecular weight excluding hydrogens is 402 g/mol. The van der Waals surface area contributed by atoms with Gasteiger partial charge in [0.2, 0.25) is 5.91 Å². The Morgan fingerprint density at radius 3 is 2.62 bits per heavy atom. The average molecular weight is 440 g/mol. The molecule has 5 rings (SSSR count). The van der Waals surface area contributed by atoms with Crippen LogP contribution in [-0.4, -0.2) is 59.8 Å². The molecule has 2 fully saturated rings. The predicted molar refractivity (Wildman–Crippen MR) is 126 cm³/mol. The highest BCUT2D eigenvalue weighted by atomic mass is 16.6. The Morgan fingerprint density at radius 1 is 1.25 bits per heavy atom. The highest BCUT2D eigenvalue weighted by Crippen LogP contribution is 2.53. The summed E-state index contributed by atoms with van der Waals surface area (Å²) >= 11 is 0. The zero-order valence-electron chi connectivity index (χ0n) is 20.0. The van der Waals surface area contributed by atoms with Crippen LogP contribution in [-0.2, 0) is 20.7 Å². The van der Waals surface area contributed by atoms with Crippen LogP contribution in [0.5, 0.6) is 0 Å². The quantitative estimate of drug-likeness (QED) is 0.663. The SMILES string of the molecule is CC(C)CN1C[C@H]2C[C@]3(C(=O)NCC(=O)OC(C)(C)C)N=C[C@H]2C1[C@H]3Cc1ccccc1. The number of hydrogen-bond donors (Lipinski definition) is 1. The maximum absolute atomic E-state index is 13.6. The van der Waals surface area contributed by atoms with Gasteiger partial charge in [-0.1, -0.05) is 44.2 Å². The third-order valence-electron chi connectivity index (χ3n) is 7.01. The molecule has 0 radical (unpaired) electrons. The summed E-state index contributed by atoms with van der Waals surface area (Å²) in [5, 5.41) is 2.89. The van der Waals surface area contributed by atoms with E-state index in [0.29, 0.717) is 23.8 Å². The molecule has 1 aromatic carbocycles. The second kappa shape index (κ2) is 8.62. The van der Waals surface area contributed by atoms with Crippen molar-refractivity contribution in [3.05, 3.63) is 35.9 Å². The monoisotopic (exact) mass is 439 g/mol. The number of nitrogens with zero attached hydrogens (tertiary/aromatic N) is 2. The minimum atomic E-state index is -0.826. The normalized spacial score (nSPS) is 31.2. The van der Waals surface area contributed by atoms with Crippen molar-refractivity contribution in [1.82, 2.24) is 10.2 Å². The van der Waals surface area contributed by atoms with E-state index in [9.17, 15) is 9.59 Å². The number of rotatable bonds is 7. The lowest BCUT2D eigenvalue weighted by Gasteiger charge is -2.51. The van der Waals surface area contributed by atoms with Crippen LogP contribution in [0.25, 0.3) is 0 Å². The number of likely N-dealkylation sites (tertiary alicyclic amines) is 1. The summed E-state index contributed by atoms with van der Waals surface area (Å²) in [7, 11) is 0. The summed E-state index contributed by atoms with van der Waals surface area (Å²) in [5.74, 6) is 0.938. The maximum atomic E-state index is 13.6. The van der Waals surface area contributed by atoms with Crippen molar-refractivity contribution in [1.29, 1.82) is 0 Å². The second-order valence-electron chi connectivity index (χ2n) is 11.1. The molecule has 1 amide bonds. The Morgan fingerprint density at radius 2 is 1.97 bits per heavy atom. The van der Waals surface area contributed by atoms with Crippen LogP contribution in [0.1, 0.15) is 46.6 Å². The van der Waals surface area contributed by atoms with Crippen LogP contribution in [0, 0.1) is 23.7 Å². The largest absolute Gasteiger partial charge is 0.459 e. The van der Waals surface area contributed by atoms with Gasteiger partial charge in [-0.05, 0) is 51.0 Å². The fourth-order valence-electron chi connectivity index (χ4n) is 6.03. The minimum absolute atomic E-state index is 0.0797. The van der Waals surface area contributed by atoms with Crippen LogP contribution in [0.2, 0.25) is 0 Å². The predicted octanol–water partition coefficient (Wildman–Crippen LogP) is 3.10. The topological polar surface area (TPSA) is 71.0 Å². The van der Waals surface area contributed by atoms with Gasteiger partial charge < -0.3 is 10.1 Å². The molecule has 1 unspecified atom stereocenters. The third kappa shape index (κ3) is 4.47. The van der Waals surface area contributed by atoms with Gasteiger partial charge in [0.25, 0.3) is 0 Å². The Kier molecular flexibility index (Phi) is 6.19. The maximum Gasteiger partial charge on any atom is 0.325 e. The van der Waals surface area contributed by atoms with Crippen LogP contribution in [0.15, 0.2) is 35.3 Å². The molecule has 3 aliphatic heterocycles. The fraction of sp³-hybridized carbons (Fsp3) is 0.654. The Balaban J connectivity index is 1.60. The molecule has 4 aliphatic rings. The van der Waals surface area contributed by atoms with E-state index in [-0.39, 0.29) is 18.4 Å². The summed E-state index contributed by atoms with van der Waals surface area (Å²) in [6.45, 7) is 11.9. The van der Waals surface area contributed by atoms with Gasteiger partial charge in [-0.25, -0.2) is 0 Å². The smallest absolute Gasteiger partial charge is 0.325 e. The van der Waals surface area contributed by atoms with Crippen LogP contribution in [0.4, 0.5) is 0 Å². The highest BCUT2D eigenvalue weighted by Gasteiger charge is 2.63. The van der Waals surface area contributed by atoms with E-state index in [0.717, 1.165) is 25.9 Å². The van der Waals surface area contributed by atoms with E-state index in [2.05, 4.69) is 48.3 Å². The van der Waals surface area contributed by atoms with Gasteiger partial charge in [0.1, 0.15) is 17.7 Å². The highest BCUT2D eigenvalue weighted by molar-refractivity contribution is 5.93. The number of esters is 1. The number of hydrogen-bond acceptors (Lipinski definition) is 5. The lowest BCUT2D eigenvalue weighted by Crippen LogP contribution is -2.64. The third-order valence-corrected chi connectivity index (χ3v) is 7.01. The van der Waals surface area contributed by atoms with E-state index in [1.54, 1.807) is 0 Å². The average Bonchev–Trinajstić information content (AvgIpc) is 3.00. The Labute approximate surface area is 191 Å². The standard InChI is InChI=1S/C26H37N3O3/c1-17(2)15-29-16-19-12-26(24(31)27-14-22(30)32-25(3,4)5)21(23(29)20(19)13-28-26)11-18-9-7-6-8-10-18/h6-10,13,17,19-21,23H,11-12,14-16H2,1-5H3,(H,27,31)/t19-,20-,21-,23?,26+/m1/s1. The molecule has 32 heavy (non-hydrogen) atoms. The van der Waals surface area contributed by atoms with E-state index in [4.69, 9.17) is 9.73 Å². The minimum Gasteiger partial charge on any atom is -0.459 e. The zero-order chi connectivity index (χ0) is 23.1. The van der Waals surface area contributed by atoms with Crippen molar-refractivity contribution in [3.8, 4) is 0 Å². The summed E-state index contributed by atoms with van der Waals surface area (Å²) < 4.78 is 5.39. The molecule has 1 aromatic rings. The van der Waals surface area contributed by atoms with E-state index in [1.807, 2.05) is 33.1 Å². The number of aliphatic imine (C=N–C) groups is 1. The molecule has 0 aromatic heterocycles. The van der Waals surface area contributed by atoms with Crippen molar-refractivity contribution in [2.75, 3.05) is 19.6 Å². The van der Waals surface area contributed by atoms with Gasteiger partial charge >= 0.3 is 5.97 Å². The molecule has 3 heterocycles. The number of nitrogens with one attached hydrogen (secondary N) is 1. The van der Waals surface area contributed by atoms with Crippen molar-refractivity contribution in [3.63, 3.8) is 0 Å². The van der Waals surface area contributed by atoms with Crippen molar-refractivity contribution in [2.24, 2.45) is 28.7 Å². The summed E-state index contributed by atoms with van der Waals surface area (Å²) in [6.07, 6.45) is 3.60. The fourth-order valence-corrected chi connectivity index (χ4v) is 6.03. The molecule has 4 bridgehead atoms. The number of amides is 1. The molecule has 174 valence electrons. The van der Waals surface area contributed by atoms with Crippen molar-refractivity contribution >= 4 is 18.1 Å². The van der Waals surface area contributed by atoms with Crippen molar-refractivity contribution in [2.45, 2.75) is 64.6 Å². The zero-order valence-corrected chi connectivity index (χ0v) is 20.0. The molecule has 6 heteroatoms. The second-order valence-corrected chi connectivity index (χ2v) is 11.1. The van der Waals surface area contributed by atoms with Gasteiger partial charge in [-0.15, -0.1) is 0 Å². The van der Waals surface area contributed by atoms with Crippen LogP contribution < -0.4 is 5.32 Å². The van der Waals surface area contributed by atoms with E-state index >= 15 is 0 Å². The number of ether oxygens (including phenoxy) is 1. The molecular formula is C26H37N3O3. The first-order chi connectivity index (χ1) is 15.1. The van der Waals surface area contributed by atoms with Gasteiger partial charge in [0.05, 0.1) is 0 Å². The summed E-state index contributed by atoms with van der Waals surface area (Å²) in [6, 6.07) is 10.7. The Hall–Kier alpha value is -2.21. The van der Waals surface area contributed by atoms with Crippen LogP contribution in [0.3, 0.4) is 0 Å². The van der Waals surface area contributed by atoms with Gasteiger partial charge in [-0.3, -0.25) is 19.5 Å². The summed E-state index contributed by atoms with van der Waals surface area (Å²) in [5.41, 5.74) is -0.172. The lowest BCUT2D eigenvalue weighted by molar-refractivity contribution is -0.155. The number of carbonyl (C=O) groups excluding carboxylic acids is 2. The molecule has 1 saturated heterocycles. The van der Waals surface area contributed by atoms with Gasteiger partial charge in [0.15, 0.2) is 0 Å². The van der Waals surface area contributed by atoms with E-state index < -0.39 is 17.1 Å². The molecule has 0 spiro atoms. The first-order valence-corrected chi connectivity index (χ1v) is 11.9. The molecule has 1 N–H and O–H groups in total. The Bertz CT molecular complexity index is 876. The first-order valence-electron chi connectivity index (χ1n) is 11.9. The lowest BCUT2D eigenvalue weighted by atomic mass is 9.59. The molecule has 1 saturated carbocycles. The molecule has 6 nitrogen and oxygen atoms in total.